The lowest BCUT2D eigenvalue weighted by Gasteiger charge is -2.16. The van der Waals surface area contributed by atoms with Gasteiger partial charge >= 0.3 is 0 Å². The van der Waals surface area contributed by atoms with E-state index < -0.39 is 16.9 Å². The van der Waals surface area contributed by atoms with Gasteiger partial charge in [-0.15, -0.1) is 0 Å². The van der Waals surface area contributed by atoms with Crippen LogP contribution in [-0.4, -0.2) is 35.2 Å². The van der Waals surface area contributed by atoms with Gasteiger partial charge in [-0.05, 0) is 31.0 Å². The van der Waals surface area contributed by atoms with Crippen LogP contribution < -0.4 is 10.1 Å². The van der Waals surface area contributed by atoms with Crippen LogP contribution in [0.4, 0.5) is 5.69 Å². The highest BCUT2D eigenvalue weighted by atomic mass is 16.6. The van der Waals surface area contributed by atoms with Crippen LogP contribution in [0.5, 0.6) is 5.75 Å². The number of hydrogen-bond acceptors (Lipinski definition) is 5. The third-order valence-electron chi connectivity index (χ3n) is 3.67. The molecule has 25 heavy (non-hydrogen) atoms. The van der Waals surface area contributed by atoms with E-state index in [-0.39, 0.29) is 24.4 Å². The van der Waals surface area contributed by atoms with Crippen molar-refractivity contribution in [3.8, 4) is 5.75 Å². The summed E-state index contributed by atoms with van der Waals surface area (Å²) < 4.78 is 5.62. The molecule has 1 atom stereocenters. The van der Waals surface area contributed by atoms with Crippen molar-refractivity contribution in [3.05, 3.63) is 69.3 Å². The van der Waals surface area contributed by atoms with Gasteiger partial charge in [-0.2, -0.15) is 0 Å². The molecule has 2 N–H and O–H groups in total. The van der Waals surface area contributed by atoms with Crippen molar-refractivity contribution < 1.29 is 19.6 Å². The van der Waals surface area contributed by atoms with Gasteiger partial charge in [0.05, 0.1) is 4.92 Å². The Kier molecular flexibility index (Phi) is 6.08. The lowest BCUT2D eigenvalue weighted by atomic mass is 10.1. The molecule has 0 bridgehead atoms. The van der Waals surface area contributed by atoms with E-state index in [1.54, 1.807) is 6.07 Å². The molecule has 0 fully saturated rings. The molecule has 0 heterocycles. The Bertz CT molecular complexity index is 756. The van der Waals surface area contributed by atoms with Crippen LogP contribution in [0.2, 0.25) is 0 Å². The number of aryl methyl sites for hydroxylation is 2. The second kappa shape index (κ2) is 8.25. The van der Waals surface area contributed by atoms with E-state index in [0.29, 0.717) is 5.75 Å². The quantitative estimate of drug-likeness (QED) is 0.593. The fraction of sp³-hybridized carbons (Fsp3) is 0.278. The molecule has 1 amide bonds. The predicted octanol–water partition coefficient (Wildman–Crippen LogP) is 2.38. The summed E-state index contributed by atoms with van der Waals surface area (Å²) >= 11 is 0. The van der Waals surface area contributed by atoms with Gasteiger partial charge in [-0.25, -0.2) is 0 Å². The van der Waals surface area contributed by atoms with Gasteiger partial charge in [0.25, 0.3) is 11.6 Å². The molecule has 132 valence electrons. The number of benzene rings is 2. The molecule has 0 aliphatic rings. The molecule has 0 aliphatic carbocycles. The normalized spacial score (nSPS) is 11.6. The summed E-state index contributed by atoms with van der Waals surface area (Å²) in [4.78, 5) is 22.4. The van der Waals surface area contributed by atoms with E-state index in [1.165, 1.54) is 18.2 Å². The Balaban J connectivity index is 1.91. The molecule has 0 spiro atoms. The number of ether oxygens (including phenoxy) is 1. The van der Waals surface area contributed by atoms with Gasteiger partial charge in [0.2, 0.25) is 0 Å². The van der Waals surface area contributed by atoms with Crippen molar-refractivity contribution in [2.75, 3.05) is 13.2 Å². The number of aliphatic hydroxyl groups excluding tert-OH is 1. The molecule has 0 unspecified atom stereocenters. The number of carbonyl (C=O) groups excluding carboxylic acids is 1. The Labute approximate surface area is 145 Å². The monoisotopic (exact) mass is 344 g/mol. The topological polar surface area (TPSA) is 102 Å². The highest BCUT2D eigenvalue weighted by Gasteiger charge is 2.19. The highest BCUT2D eigenvalue weighted by Crippen LogP contribution is 2.22. The number of nitrogens with zero attached hydrogens (tertiary/aromatic N) is 1. The molecule has 0 aromatic heterocycles. The van der Waals surface area contributed by atoms with E-state index >= 15 is 0 Å². The van der Waals surface area contributed by atoms with Crippen LogP contribution >= 0.6 is 0 Å². The third-order valence-corrected chi connectivity index (χ3v) is 3.67. The van der Waals surface area contributed by atoms with Gasteiger partial charge in [0.15, 0.2) is 0 Å². The van der Waals surface area contributed by atoms with Gasteiger partial charge in [0, 0.05) is 12.6 Å². The minimum Gasteiger partial charge on any atom is -0.490 e. The highest BCUT2D eigenvalue weighted by molar-refractivity contribution is 5.98. The third kappa shape index (κ3) is 4.77. The molecule has 0 saturated heterocycles. The number of para-hydroxylation sites is 2. The minimum absolute atomic E-state index is 0.00283. The molecule has 2 aromatic carbocycles. The van der Waals surface area contributed by atoms with Crippen LogP contribution in [-0.2, 0) is 0 Å². The largest absolute Gasteiger partial charge is 0.490 e. The number of rotatable bonds is 7. The van der Waals surface area contributed by atoms with Crippen LogP contribution in [0.1, 0.15) is 21.5 Å². The summed E-state index contributed by atoms with van der Waals surface area (Å²) in [5, 5.41) is 23.4. The van der Waals surface area contributed by atoms with Crippen LogP contribution in [0, 0.1) is 24.0 Å². The first-order valence-electron chi connectivity index (χ1n) is 7.79. The van der Waals surface area contributed by atoms with E-state index in [9.17, 15) is 20.0 Å². The minimum atomic E-state index is -0.939. The molecule has 0 radical (unpaired) electrons. The zero-order chi connectivity index (χ0) is 18.4. The summed E-state index contributed by atoms with van der Waals surface area (Å²) in [6.45, 7) is 3.74. The smallest absolute Gasteiger partial charge is 0.282 e. The van der Waals surface area contributed by atoms with E-state index in [1.807, 2.05) is 32.0 Å². The summed E-state index contributed by atoms with van der Waals surface area (Å²) in [5.74, 6) is 0.0880. The van der Waals surface area contributed by atoms with Gasteiger partial charge in [0.1, 0.15) is 24.0 Å². The standard InChI is InChI=1S/C18H20N2O5/c1-12-6-5-7-13(2)17(12)25-11-14(21)10-19-18(22)15-8-3-4-9-16(15)20(23)24/h3-9,14,21H,10-11H2,1-2H3,(H,19,22)/t14-/m0/s1. The first kappa shape index (κ1) is 18.4. The Hall–Kier alpha value is -2.93. The SMILES string of the molecule is Cc1cccc(C)c1OC[C@@H](O)CNC(=O)c1ccccc1[N+](=O)[O-]. The first-order chi connectivity index (χ1) is 11.9. The van der Waals surface area contributed by atoms with E-state index in [0.717, 1.165) is 11.1 Å². The fourth-order valence-electron chi connectivity index (χ4n) is 2.40. The second-order valence-corrected chi connectivity index (χ2v) is 5.67. The average Bonchev–Trinajstić information content (AvgIpc) is 2.59. The number of carbonyl (C=O) groups is 1. The predicted molar refractivity (Wildman–Crippen MR) is 92.8 cm³/mol. The molecule has 2 aromatic rings. The lowest BCUT2D eigenvalue weighted by molar-refractivity contribution is -0.385. The fourth-order valence-corrected chi connectivity index (χ4v) is 2.40. The van der Waals surface area contributed by atoms with Crippen LogP contribution in [0.15, 0.2) is 42.5 Å². The van der Waals surface area contributed by atoms with Crippen molar-refractivity contribution >= 4 is 11.6 Å². The summed E-state index contributed by atoms with van der Waals surface area (Å²) in [5.41, 5.74) is 1.59. The molecule has 7 heteroatoms. The Morgan fingerprint density at radius 3 is 2.48 bits per heavy atom. The van der Waals surface area contributed by atoms with E-state index in [4.69, 9.17) is 4.74 Å². The number of aliphatic hydroxyl groups is 1. The zero-order valence-electron chi connectivity index (χ0n) is 14.1. The van der Waals surface area contributed by atoms with Gasteiger partial charge < -0.3 is 15.2 Å². The number of hydrogen-bond donors (Lipinski definition) is 2. The second-order valence-electron chi connectivity index (χ2n) is 5.67. The Morgan fingerprint density at radius 2 is 1.84 bits per heavy atom. The van der Waals surface area contributed by atoms with Crippen molar-refractivity contribution in [2.24, 2.45) is 0 Å². The van der Waals surface area contributed by atoms with Crippen LogP contribution in [0.3, 0.4) is 0 Å². The van der Waals surface area contributed by atoms with Crippen molar-refractivity contribution in [3.63, 3.8) is 0 Å². The van der Waals surface area contributed by atoms with Crippen molar-refractivity contribution in [1.82, 2.24) is 5.32 Å². The van der Waals surface area contributed by atoms with Crippen molar-refractivity contribution in [2.45, 2.75) is 20.0 Å². The first-order valence-corrected chi connectivity index (χ1v) is 7.79. The maximum Gasteiger partial charge on any atom is 0.282 e. The molecule has 0 aliphatic heterocycles. The number of nitrogens with one attached hydrogen (secondary N) is 1. The van der Waals surface area contributed by atoms with Crippen molar-refractivity contribution in [1.29, 1.82) is 0 Å². The average molecular weight is 344 g/mol. The molecular weight excluding hydrogens is 324 g/mol. The van der Waals surface area contributed by atoms with Gasteiger partial charge in [-0.3, -0.25) is 14.9 Å². The summed E-state index contributed by atoms with van der Waals surface area (Å²) in [6.07, 6.45) is -0.939. The maximum absolute atomic E-state index is 12.1. The molecule has 2 rings (SSSR count). The summed E-state index contributed by atoms with van der Waals surface area (Å²) in [6, 6.07) is 11.4. The Morgan fingerprint density at radius 1 is 1.20 bits per heavy atom. The van der Waals surface area contributed by atoms with E-state index in [2.05, 4.69) is 5.32 Å². The number of nitro benzene ring substituents is 1. The lowest BCUT2D eigenvalue weighted by Crippen LogP contribution is -2.35. The molecular formula is C18H20N2O5. The number of amides is 1. The van der Waals surface area contributed by atoms with Crippen LogP contribution in [0.25, 0.3) is 0 Å². The number of nitro groups is 1. The zero-order valence-corrected chi connectivity index (χ0v) is 14.1. The molecule has 7 nitrogen and oxygen atoms in total. The molecule has 0 saturated carbocycles. The maximum atomic E-state index is 12.1. The van der Waals surface area contributed by atoms with Gasteiger partial charge in [-0.1, -0.05) is 30.3 Å². The summed E-state index contributed by atoms with van der Waals surface area (Å²) in [7, 11) is 0.